The molecule has 0 aliphatic heterocycles. The van der Waals surface area contributed by atoms with Crippen LogP contribution in [0.2, 0.25) is 5.02 Å². The molecule has 2 aromatic rings. The second-order valence-electron chi connectivity index (χ2n) is 5.07. The number of ether oxygens (including phenoxy) is 1. The Morgan fingerprint density at radius 1 is 1.14 bits per heavy atom. The van der Waals surface area contributed by atoms with E-state index >= 15 is 0 Å². The predicted molar refractivity (Wildman–Crippen MR) is 77.7 cm³/mol. The SMILES string of the molecule is Fc1cc(CNC2CC2)ccc1Oc1cccc(Cl)c1F. The molecule has 1 saturated carbocycles. The van der Waals surface area contributed by atoms with Gasteiger partial charge in [-0.25, -0.2) is 8.78 Å². The summed E-state index contributed by atoms with van der Waals surface area (Å²) in [4.78, 5) is 0. The van der Waals surface area contributed by atoms with E-state index in [0.29, 0.717) is 12.6 Å². The molecule has 1 N–H and O–H groups in total. The van der Waals surface area contributed by atoms with Crippen molar-refractivity contribution in [1.29, 1.82) is 0 Å². The highest BCUT2D eigenvalue weighted by molar-refractivity contribution is 6.30. The molecule has 3 rings (SSSR count). The Hall–Kier alpha value is -1.65. The third-order valence-corrected chi connectivity index (χ3v) is 3.60. The van der Waals surface area contributed by atoms with Gasteiger partial charge < -0.3 is 10.1 Å². The molecule has 1 fully saturated rings. The fourth-order valence-corrected chi connectivity index (χ4v) is 2.13. The molecular weight excluding hydrogens is 296 g/mol. The number of benzene rings is 2. The molecule has 0 radical (unpaired) electrons. The van der Waals surface area contributed by atoms with Crippen molar-refractivity contribution in [1.82, 2.24) is 5.32 Å². The van der Waals surface area contributed by atoms with Crippen molar-refractivity contribution in [3.63, 3.8) is 0 Å². The van der Waals surface area contributed by atoms with E-state index < -0.39 is 11.6 Å². The van der Waals surface area contributed by atoms with E-state index in [4.69, 9.17) is 16.3 Å². The van der Waals surface area contributed by atoms with E-state index in [1.165, 1.54) is 37.1 Å². The minimum Gasteiger partial charge on any atom is -0.451 e. The van der Waals surface area contributed by atoms with Crippen molar-refractivity contribution in [3.05, 3.63) is 58.6 Å². The zero-order valence-electron chi connectivity index (χ0n) is 11.2. The first-order valence-electron chi connectivity index (χ1n) is 6.77. The van der Waals surface area contributed by atoms with Crippen molar-refractivity contribution < 1.29 is 13.5 Å². The minimum atomic E-state index is -0.696. The van der Waals surface area contributed by atoms with Gasteiger partial charge >= 0.3 is 0 Å². The van der Waals surface area contributed by atoms with Gasteiger partial charge in [0.15, 0.2) is 23.1 Å². The molecule has 1 aliphatic rings. The fraction of sp³-hybridized carbons (Fsp3) is 0.250. The number of nitrogens with one attached hydrogen (secondary N) is 1. The molecule has 2 nitrogen and oxygen atoms in total. The van der Waals surface area contributed by atoms with Crippen molar-refractivity contribution in [2.24, 2.45) is 0 Å². The minimum absolute atomic E-state index is 0.0219. The predicted octanol–water partition coefficient (Wildman–Crippen LogP) is 4.66. The van der Waals surface area contributed by atoms with Crippen LogP contribution < -0.4 is 10.1 Å². The summed E-state index contributed by atoms with van der Waals surface area (Å²) in [5.41, 5.74) is 0.832. The lowest BCUT2D eigenvalue weighted by Crippen LogP contribution is -2.15. The van der Waals surface area contributed by atoms with Crippen LogP contribution >= 0.6 is 11.6 Å². The molecule has 0 atom stereocenters. The molecule has 21 heavy (non-hydrogen) atoms. The highest BCUT2D eigenvalue weighted by Gasteiger charge is 2.20. The summed E-state index contributed by atoms with van der Waals surface area (Å²) in [6.45, 7) is 0.618. The smallest absolute Gasteiger partial charge is 0.184 e. The van der Waals surface area contributed by atoms with E-state index in [-0.39, 0.29) is 16.5 Å². The van der Waals surface area contributed by atoms with E-state index in [9.17, 15) is 8.78 Å². The third-order valence-electron chi connectivity index (χ3n) is 3.30. The molecule has 0 heterocycles. The average molecular weight is 310 g/mol. The Bertz CT molecular complexity index is 659. The van der Waals surface area contributed by atoms with Gasteiger partial charge in [-0.15, -0.1) is 0 Å². The van der Waals surface area contributed by atoms with Crippen LogP contribution in [0.5, 0.6) is 11.5 Å². The highest BCUT2D eigenvalue weighted by Crippen LogP contribution is 2.30. The number of halogens is 3. The molecular formula is C16H14ClF2NO. The fourth-order valence-electron chi connectivity index (χ4n) is 1.97. The van der Waals surface area contributed by atoms with E-state index in [0.717, 1.165) is 5.56 Å². The molecule has 0 spiro atoms. The van der Waals surface area contributed by atoms with E-state index in [1.807, 2.05) is 0 Å². The first kappa shape index (κ1) is 14.3. The van der Waals surface area contributed by atoms with Gasteiger partial charge in [0, 0.05) is 12.6 Å². The summed E-state index contributed by atoms with van der Waals surface area (Å²) in [7, 11) is 0. The molecule has 0 saturated heterocycles. The van der Waals surface area contributed by atoms with Gasteiger partial charge in [0.05, 0.1) is 5.02 Å². The van der Waals surface area contributed by atoms with Gasteiger partial charge in [-0.2, -0.15) is 0 Å². The molecule has 0 bridgehead atoms. The number of hydrogen-bond donors (Lipinski definition) is 1. The standard InChI is InChI=1S/C16H14ClF2NO/c17-12-2-1-3-15(16(12)19)21-14-7-4-10(8-13(14)18)9-20-11-5-6-11/h1-4,7-8,11,20H,5-6,9H2. The summed E-state index contributed by atoms with van der Waals surface area (Å²) >= 11 is 5.66. The summed E-state index contributed by atoms with van der Waals surface area (Å²) in [6.07, 6.45) is 2.36. The molecule has 0 amide bonds. The van der Waals surface area contributed by atoms with Crippen molar-refractivity contribution in [3.8, 4) is 11.5 Å². The molecule has 0 aromatic heterocycles. The Kier molecular flexibility index (Phi) is 4.08. The lowest BCUT2D eigenvalue weighted by Gasteiger charge is -2.10. The zero-order chi connectivity index (χ0) is 14.8. The normalized spacial score (nSPS) is 14.2. The quantitative estimate of drug-likeness (QED) is 0.867. The lowest BCUT2D eigenvalue weighted by molar-refractivity contribution is 0.414. The van der Waals surface area contributed by atoms with Crippen LogP contribution in [0.15, 0.2) is 36.4 Å². The molecule has 5 heteroatoms. The van der Waals surface area contributed by atoms with E-state index in [2.05, 4.69) is 5.32 Å². The first-order chi connectivity index (χ1) is 10.1. The van der Waals surface area contributed by atoms with Gasteiger partial charge in [-0.05, 0) is 42.7 Å². The Morgan fingerprint density at radius 2 is 1.95 bits per heavy atom. The summed E-state index contributed by atoms with van der Waals surface area (Å²) < 4.78 is 33.0. The Balaban J connectivity index is 1.74. The molecule has 0 unspecified atom stereocenters. The Labute approximate surface area is 126 Å². The van der Waals surface area contributed by atoms with Crippen LogP contribution in [0.4, 0.5) is 8.78 Å². The van der Waals surface area contributed by atoms with Crippen LogP contribution in [0, 0.1) is 11.6 Å². The second-order valence-corrected chi connectivity index (χ2v) is 5.48. The van der Waals surface area contributed by atoms with Crippen LogP contribution in [0.1, 0.15) is 18.4 Å². The van der Waals surface area contributed by atoms with Gasteiger partial charge in [-0.3, -0.25) is 0 Å². The van der Waals surface area contributed by atoms with Gasteiger partial charge in [0.2, 0.25) is 0 Å². The maximum Gasteiger partial charge on any atom is 0.184 e. The number of hydrogen-bond acceptors (Lipinski definition) is 2. The largest absolute Gasteiger partial charge is 0.451 e. The summed E-state index contributed by atoms with van der Waals surface area (Å²) in [5, 5.41) is 3.24. The molecule has 2 aromatic carbocycles. The van der Waals surface area contributed by atoms with Gasteiger partial charge in [0.25, 0.3) is 0 Å². The third kappa shape index (κ3) is 3.52. The summed E-state index contributed by atoms with van der Waals surface area (Å²) in [5.74, 6) is -1.33. The summed E-state index contributed by atoms with van der Waals surface area (Å²) in [6, 6.07) is 9.58. The van der Waals surface area contributed by atoms with Crippen molar-refractivity contribution >= 4 is 11.6 Å². The monoisotopic (exact) mass is 309 g/mol. The Morgan fingerprint density at radius 3 is 2.67 bits per heavy atom. The maximum absolute atomic E-state index is 14.0. The van der Waals surface area contributed by atoms with Crippen LogP contribution in [-0.2, 0) is 6.54 Å². The highest BCUT2D eigenvalue weighted by atomic mass is 35.5. The molecule has 1 aliphatic carbocycles. The topological polar surface area (TPSA) is 21.3 Å². The first-order valence-corrected chi connectivity index (χ1v) is 7.15. The zero-order valence-corrected chi connectivity index (χ0v) is 12.0. The number of rotatable bonds is 5. The van der Waals surface area contributed by atoms with Crippen LogP contribution in [0.25, 0.3) is 0 Å². The maximum atomic E-state index is 14.0. The molecule has 110 valence electrons. The lowest BCUT2D eigenvalue weighted by atomic mass is 10.2. The average Bonchev–Trinajstić information content (AvgIpc) is 3.28. The van der Waals surface area contributed by atoms with Crippen LogP contribution in [-0.4, -0.2) is 6.04 Å². The van der Waals surface area contributed by atoms with Gasteiger partial charge in [0.1, 0.15) is 0 Å². The van der Waals surface area contributed by atoms with Crippen LogP contribution in [0.3, 0.4) is 0 Å². The van der Waals surface area contributed by atoms with Crippen molar-refractivity contribution in [2.45, 2.75) is 25.4 Å². The van der Waals surface area contributed by atoms with E-state index in [1.54, 1.807) is 12.1 Å². The second kappa shape index (κ2) is 6.00. The van der Waals surface area contributed by atoms with Crippen molar-refractivity contribution in [2.75, 3.05) is 0 Å². The van der Waals surface area contributed by atoms with Gasteiger partial charge in [-0.1, -0.05) is 23.7 Å².